The van der Waals surface area contributed by atoms with Crippen molar-refractivity contribution < 1.29 is 14.6 Å². The molecule has 0 aliphatic rings. The van der Waals surface area contributed by atoms with Crippen molar-refractivity contribution in [2.75, 3.05) is 6.54 Å². The van der Waals surface area contributed by atoms with E-state index < -0.39 is 17.7 Å². The Morgan fingerprint density at radius 1 is 1.60 bits per heavy atom. The molecule has 0 saturated carbocycles. The number of hydrogen-bond donors (Lipinski definition) is 3. The van der Waals surface area contributed by atoms with E-state index in [1.54, 1.807) is 0 Å². The molecule has 1 aromatic carbocycles. The maximum absolute atomic E-state index is 13.6. The number of phenols is 1. The second-order valence-electron chi connectivity index (χ2n) is 3.34. The average Bonchev–Trinajstić information content (AvgIpc) is 2.16. The van der Waals surface area contributed by atoms with Gasteiger partial charge in [-0.3, -0.25) is 0 Å². The average molecular weight is 234 g/mol. The molecule has 15 heavy (non-hydrogen) atoms. The van der Waals surface area contributed by atoms with Crippen LogP contribution in [-0.4, -0.2) is 16.8 Å². The number of phenolic OH excluding ortho intramolecular Hbond substituents is 1. The Kier molecular flexibility index (Phi) is 3.90. The van der Waals surface area contributed by atoms with Gasteiger partial charge in [-0.25, -0.2) is 4.39 Å². The van der Waals surface area contributed by atoms with Gasteiger partial charge in [0.25, 0.3) is 0 Å². The van der Waals surface area contributed by atoms with Crippen LogP contribution in [0, 0.1) is 12.7 Å². The first kappa shape index (κ1) is 12.2. The summed E-state index contributed by atoms with van der Waals surface area (Å²) in [6, 6.07) is 1.31. The minimum absolute atomic E-state index is 0.0278. The van der Waals surface area contributed by atoms with E-state index in [4.69, 9.17) is 17.3 Å². The van der Waals surface area contributed by atoms with Crippen molar-refractivity contribution >= 4 is 11.6 Å². The standard InChI is InChI=1S/C10H13ClFNO2/c1-5-4-6(11)10(15)8(9(5)12)7(14)2-3-13/h4,7,14-15H,2-3,13H2,1H3. The Morgan fingerprint density at radius 3 is 2.73 bits per heavy atom. The van der Waals surface area contributed by atoms with Gasteiger partial charge in [-0.15, -0.1) is 0 Å². The number of aryl methyl sites for hydroxylation is 1. The minimum atomic E-state index is -1.13. The lowest BCUT2D eigenvalue weighted by atomic mass is 10.0. The molecule has 3 nitrogen and oxygen atoms in total. The molecule has 0 radical (unpaired) electrons. The lowest BCUT2D eigenvalue weighted by molar-refractivity contribution is 0.161. The van der Waals surface area contributed by atoms with Crippen LogP contribution in [0.5, 0.6) is 5.75 Å². The minimum Gasteiger partial charge on any atom is -0.506 e. The third-order valence-electron chi connectivity index (χ3n) is 2.18. The molecule has 0 saturated heterocycles. The van der Waals surface area contributed by atoms with Gasteiger partial charge in [-0.05, 0) is 31.5 Å². The molecule has 0 aromatic heterocycles. The molecule has 84 valence electrons. The van der Waals surface area contributed by atoms with Gasteiger partial charge < -0.3 is 15.9 Å². The van der Waals surface area contributed by atoms with Gasteiger partial charge in [0.1, 0.15) is 11.6 Å². The lowest BCUT2D eigenvalue weighted by Crippen LogP contribution is -2.09. The number of aliphatic hydroxyl groups is 1. The lowest BCUT2D eigenvalue weighted by Gasteiger charge is -2.15. The third kappa shape index (κ3) is 2.40. The summed E-state index contributed by atoms with van der Waals surface area (Å²) < 4.78 is 13.6. The Morgan fingerprint density at radius 2 is 2.20 bits per heavy atom. The van der Waals surface area contributed by atoms with Crippen LogP contribution < -0.4 is 5.73 Å². The largest absolute Gasteiger partial charge is 0.506 e. The summed E-state index contributed by atoms with van der Waals surface area (Å²) in [6.45, 7) is 1.71. The zero-order chi connectivity index (χ0) is 11.6. The topological polar surface area (TPSA) is 66.5 Å². The summed E-state index contributed by atoms with van der Waals surface area (Å²) in [7, 11) is 0. The maximum atomic E-state index is 13.6. The van der Waals surface area contributed by atoms with Gasteiger partial charge in [-0.1, -0.05) is 11.6 Å². The maximum Gasteiger partial charge on any atom is 0.142 e. The third-order valence-corrected chi connectivity index (χ3v) is 2.47. The van der Waals surface area contributed by atoms with E-state index in [1.165, 1.54) is 13.0 Å². The number of benzene rings is 1. The van der Waals surface area contributed by atoms with Crippen LogP contribution in [0.3, 0.4) is 0 Å². The monoisotopic (exact) mass is 233 g/mol. The smallest absolute Gasteiger partial charge is 0.142 e. The molecule has 1 aromatic rings. The predicted molar refractivity (Wildman–Crippen MR) is 56.4 cm³/mol. The van der Waals surface area contributed by atoms with Crippen molar-refractivity contribution in [1.29, 1.82) is 0 Å². The molecule has 0 spiro atoms. The summed E-state index contributed by atoms with van der Waals surface area (Å²) in [5.74, 6) is -1.06. The van der Waals surface area contributed by atoms with Crippen LogP contribution in [0.4, 0.5) is 4.39 Å². The van der Waals surface area contributed by atoms with Crippen LogP contribution in [0.15, 0.2) is 6.07 Å². The molecular formula is C10H13ClFNO2. The van der Waals surface area contributed by atoms with Crippen molar-refractivity contribution in [2.24, 2.45) is 5.73 Å². The fraction of sp³-hybridized carbons (Fsp3) is 0.400. The van der Waals surface area contributed by atoms with Gasteiger partial charge >= 0.3 is 0 Å². The Labute approximate surface area is 92.3 Å². The Balaban J connectivity index is 3.26. The molecule has 1 atom stereocenters. The molecule has 1 rings (SSSR count). The molecule has 0 bridgehead atoms. The number of aliphatic hydroxyl groups excluding tert-OH is 1. The molecule has 0 aliphatic heterocycles. The number of halogens is 2. The highest BCUT2D eigenvalue weighted by atomic mass is 35.5. The number of nitrogens with two attached hydrogens (primary N) is 1. The van der Waals surface area contributed by atoms with E-state index in [2.05, 4.69) is 0 Å². The molecule has 1 unspecified atom stereocenters. The Bertz CT molecular complexity index is 345. The van der Waals surface area contributed by atoms with Gasteiger partial charge in [-0.2, -0.15) is 0 Å². The van der Waals surface area contributed by atoms with Gasteiger partial charge in [0, 0.05) is 0 Å². The van der Waals surface area contributed by atoms with E-state index in [9.17, 15) is 14.6 Å². The summed E-state index contributed by atoms with van der Waals surface area (Å²) in [5.41, 5.74) is 5.35. The normalized spacial score (nSPS) is 12.9. The number of rotatable bonds is 3. The van der Waals surface area contributed by atoms with E-state index in [-0.39, 0.29) is 29.1 Å². The van der Waals surface area contributed by atoms with Crippen molar-refractivity contribution in [3.05, 3.63) is 28.0 Å². The zero-order valence-corrected chi connectivity index (χ0v) is 9.05. The molecule has 0 aliphatic carbocycles. The second kappa shape index (κ2) is 4.79. The van der Waals surface area contributed by atoms with E-state index >= 15 is 0 Å². The van der Waals surface area contributed by atoms with Crippen LogP contribution in [0.2, 0.25) is 5.02 Å². The van der Waals surface area contributed by atoms with Crippen molar-refractivity contribution in [3.63, 3.8) is 0 Å². The van der Waals surface area contributed by atoms with E-state index in [0.29, 0.717) is 0 Å². The molecule has 0 heterocycles. The first-order valence-electron chi connectivity index (χ1n) is 4.54. The first-order valence-corrected chi connectivity index (χ1v) is 4.92. The fourth-order valence-electron chi connectivity index (χ4n) is 1.37. The van der Waals surface area contributed by atoms with Crippen LogP contribution in [-0.2, 0) is 0 Å². The Hall–Kier alpha value is -0.840. The first-order chi connectivity index (χ1) is 6.99. The SMILES string of the molecule is Cc1cc(Cl)c(O)c(C(O)CCN)c1F. The zero-order valence-electron chi connectivity index (χ0n) is 8.30. The second-order valence-corrected chi connectivity index (χ2v) is 3.75. The van der Waals surface area contributed by atoms with Crippen molar-refractivity contribution in [2.45, 2.75) is 19.4 Å². The number of aromatic hydroxyl groups is 1. The highest BCUT2D eigenvalue weighted by molar-refractivity contribution is 6.32. The van der Waals surface area contributed by atoms with E-state index in [1.807, 2.05) is 0 Å². The van der Waals surface area contributed by atoms with Crippen molar-refractivity contribution in [3.8, 4) is 5.75 Å². The van der Waals surface area contributed by atoms with Gasteiger partial charge in [0.05, 0.1) is 16.7 Å². The summed E-state index contributed by atoms with van der Waals surface area (Å²) in [5, 5.41) is 19.1. The molecule has 4 N–H and O–H groups in total. The van der Waals surface area contributed by atoms with Crippen LogP contribution in [0.1, 0.15) is 23.7 Å². The molecule has 0 amide bonds. The summed E-state index contributed by atoms with van der Waals surface area (Å²) >= 11 is 5.68. The highest BCUT2D eigenvalue weighted by Crippen LogP contribution is 2.36. The molecular weight excluding hydrogens is 221 g/mol. The predicted octanol–water partition coefficient (Wildman–Crippen LogP) is 1.88. The van der Waals surface area contributed by atoms with E-state index in [0.717, 1.165) is 0 Å². The molecule has 5 heteroatoms. The van der Waals surface area contributed by atoms with Gasteiger partial charge in [0.15, 0.2) is 0 Å². The van der Waals surface area contributed by atoms with Gasteiger partial charge in [0.2, 0.25) is 0 Å². The highest BCUT2D eigenvalue weighted by Gasteiger charge is 2.21. The fourth-order valence-corrected chi connectivity index (χ4v) is 1.64. The van der Waals surface area contributed by atoms with Crippen LogP contribution >= 0.6 is 11.6 Å². The summed E-state index contributed by atoms with van der Waals surface area (Å²) in [4.78, 5) is 0. The molecule has 0 fully saturated rings. The quantitative estimate of drug-likeness (QED) is 0.747. The number of hydrogen-bond acceptors (Lipinski definition) is 3. The van der Waals surface area contributed by atoms with Crippen molar-refractivity contribution in [1.82, 2.24) is 0 Å². The summed E-state index contributed by atoms with van der Waals surface area (Å²) in [6.07, 6.45) is -0.961. The van der Waals surface area contributed by atoms with Crippen LogP contribution in [0.25, 0.3) is 0 Å².